The van der Waals surface area contributed by atoms with Gasteiger partial charge in [0.05, 0.1) is 0 Å². The van der Waals surface area contributed by atoms with Gasteiger partial charge in [0, 0.05) is 18.4 Å². The van der Waals surface area contributed by atoms with Crippen LogP contribution in [0.25, 0.3) is 0 Å². The summed E-state index contributed by atoms with van der Waals surface area (Å²) in [7, 11) is 0. The van der Waals surface area contributed by atoms with E-state index in [0.717, 1.165) is 6.54 Å². The van der Waals surface area contributed by atoms with Gasteiger partial charge in [0.15, 0.2) is 0 Å². The van der Waals surface area contributed by atoms with Gasteiger partial charge in [-0.15, -0.1) is 0 Å². The van der Waals surface area contributed by atoms with Crippen molar-refractivity contribution in [2.24, 2.45) is 5.92 Å². The number of aryl methyl sites for hydroxylation is 1. The molecule has 1 N–H and O–H groups in total. The fraction of sp³-hybridized carbons (Fsp3) is 0.429. The summed E-state index contributed by atoms with van der Waals surface area (Å²) in [5.74, 6) is 2.18. The van der Waals surface area contributed by atoms with Crippen LogP contribution >= 0.6 is 0 Å². The summed E-state index contributed by atoms with van der Waals surface area (Å²) in [6.07, 6.45) is 1.26. The SMILES string of the molecule is CCN1CC[C@H]2[C@H](c3ccc(O)cc3)c3cc(C)ccc3[C@H]2C1. The molecule has 2 aromatic carbocycles. The second-order valence-electron chi connectivity index (χ2n) is 7.15. The first kappa shape index (κ1) is 14.8. The van der Waals surface area contributed by atoms with Crippen LogP contribution in [0.15, 0.2) is 42.5 Å². The molecule has 4 rings (SSSR count). The molecule has 0 unspecified atom stereocenters. The fourth-order valence-electron chi connectivity index (χ4n) is 4.69. The molecule has 1 fully saturated rings. The third kappa shape index (κ3) is 2.46. The van der Waals surface area contributed by atoms with Gasteiger partial charge < -0.3 is 10.0 Å². The number of aromatic hydroxyl groups is 1. The van der Waals surface area contributed by atoms with Gasteiger partial charge in [-0.3, -0.25) is 0 Å². The van der Waals surface area contributed by atoms with Crippen LogP contribution in [-0.2, 0) is 0 Å². The Morgan fingerprint density at radius 2 is 1.87 bits per heavy atom. The number of hydrogen-bond donors (Lipinski definition) is 1. The zero-order chi connectivity index (χ0) is 16.0. The maximum Gasteiger partial charge on any atom is 0.115 e. The van der Waals surface area contributed by atoms with Gasteiger partial charge >= 0.3 is 0 Å². The summed E-state index contributed by atoms with van der Waals surface area (Å²) in [5.41, 5.74) is 5.77. The first-order valence-electron chi connectivity index (χ1n) is 8.79. The van der Waals surface area contributed by atoms with Crippen LogP contribution in [0, 0.1) is 12.8 Å². The molecule has 1 aliphatic heterocycles. The molecule has 2 nitrogen and oxygen atoms in total. The average Bonchev–Trinajstić information content (AvgIpc) is 2.88. The van der Waals surface area contributed by atoms with Crippen molar-refractivity contribution >= 4 is 0 Å². The van der Waals surface area contributed by atoms with E-state index >= 15 is 0 Å². The van der Waals surface area contributed by atoms with E-state index in [-0.39, 0.29) is 0 Å². The van der Waals surface area contributed by atoms with Gasteiger partial charge in [-0.1, -0.05) is 42.8 Å². The number of hydrogen-bond acceptors (Lipinski definition) is 2. The minimum atomic E-state index is 0.355. The summed E-state index contributed by atoms with van der Waals surface area (Å²) in [6, 6.07) is 14.9. The first-order valence-corrected chi connectivity index (χ1v) is 8.79. The largest absolute Gasteiger partial charge is 0.508 e. The molecular formula is C21H25NO. The Hall–Kier alpha value is -1.80. The Bertz CT molecular complexity index is 706. The molecule has 120 valence electrons. The zero-order valence-corrected chi connectivity index (χ0v) is 14.0. The lowest BCUT2D eigenvalue weighted by Crippen LogP contribution is -2.38. The van der Waals surface area contributed by atoms with Crippen molar-refractivity contribution in [1.82, 2.24) is 4.90 Å². The normalized spacial score (nSPS) is 26.8. The minimum absolute atomic E-state index is 0.355. The molecular weight excluding hydrogens is 282 g/mol. The highest BCUT2D eigenvalue weighted by atomic mass is 16.3. The standard InChI is InChI=1S/C21H25NO/c1-3-22-11-10-18-20(13-22)17-9-4-14(2)12-19(17)21(18)15-5-7-16(23)8-6-15/h4-9,12,18,20-21,23H,3,10-11,13H2,1-2H3/t18-,20-,21+/m1/s1. The van der Waals surface area contributed by atoms with E-state index in [1.54, 1.807) is 5.56 Å². The molecule has 2 heteroatoms. The van der Waals surface area contributed by atoms with Crippen LogP contribution in [-0.4, -0.2) is 29.6 Å². The van der Waals surface area contributed by atoms with Crippen LogP contribution in [0.5, 0.6) is 5.75 Å². The van der Waals surface area contributed by atoms with Crippen LogP contribution in [0.2, 0.25) is 0 Å². The molecule has 1 saturated heterocycles. The molecule has 3 atom stereocenters. The van der Waals surface area contributed by atoms with E-state index in [0.29, 0.717) is 23.5 Å². The summed E-state index contributed by atoms with van der Waals surface area (Å²) >= 11 is 0. The maximum atomic E-state index is 9.63. The predicted octanol–water partition coefficient (Wildman–Crippen LogP) is 4.27. The highest BCUT2D eigenvalue weighted by Gasteiger charge is 2.43. The maximum absolute atomic E-state index is 9.63. The third-order valence-electron chi connectivity index (χ3n) is 5.85. The Morgan fingerprint density at radius 1 is 1.09 bits per heavy atom. The van der Waals surface area contributed by atoms with Gasteiger partial charge in [0.2, 0.25) is 0 Å². The average molecular weight is 307 g/mol. The van der Waals surface area contributed by atoms with Crippen molar-refractivity contribution in [2.75, 3.05) is 19.6 Å². The number of rotatable bonds is 2. The van der Waals surface area contributed by atoms with Crippen molar-refractivity contribution in [3.05, 3.63) is 64.7 Å². The number of fused-ring (bicyclic) bond motifs is 3. The van der Waals surface area contributed by atoms with E-state index in [2.05, 4.69) is 49.1 Å². The highest BCUT2D eigenvalue weighted by Crippen LogP contribution is 2.53. The first-order chi connectivity index (χ1) is 11.2. The molecule has 0 amide bonds. The number of phenolic OH excluding ortho intramolecular Hbond substituents is 1. The molecule has 2 aromatic rings. The molecule has 1 aliphatic carbocycles. The van der Waals surface area contributed by atoms with Gasteiger partial charge in [-0.25, -0.2) is 0 Å². The number of phenols is 1. The fourth-order valence-corrected chi connectivity index (χ4v) is 4.69. The van der Waals surface area contributed by atoms with E-state index in [4.69, 9.17) is 0 Å². The van der Waals surface area contributed by atoms with E-state index in [1.807, 2.05) is 12.1 Å². The Kier molecular flexibility index (Phi) is 3.65. The van der Waals surface area contributed by atoms with Gasteiger partial charge in [0.1, 0.15) is 5.75 Å². The van der Waals surface area contributed by atoms with Crippen LogP contribution in [0.4, 0.5) is 0 Å². The molecule has 2 aliphatic rings. The van der Waals surface area contributed by atoms with Crippen molar-refractivity contribution < 1.29 is 5.11 Å². The van der Waals surface area contributed by atoms with Crippen LogP contribution in [0.3, 0.4) is 0 Å². The summed E-state index contributed by atoms with van der Waals surface area (Å²) in [6.45, 7) is 8.00. The number of likely N-dealkylation sites (tertiary alicyclic amines) is 1. The quantitative estimate of drug-likeness (QED) is 0.895. The summed E-state index contributed by atoms with van der Waals surface area (Å²) in [5, 5.41) is 9.63. The van der Waals surface area contributed by atoms with Crippen LogP contribution in [0.1, 0.15) is 47.4 Å². The van der Waals surface area contributed by atoms with Gasteiger partial charge in [-0.05, 0) is 61.2 Å². The predicted molar refractivity (Wildman–Crippen MR) is 94.1 cm³/mol. The van der Waals surface area contributed by atoms with Crippen LogP contribution < -0.4 is 0 Å². The van der Waals surface area contributed by atoms with Crippen molar-refractivity contribution in [3.63, 3.8) is 0 Å². The zero-order valence-electron chi connectivity index (χ0n) is 14.0. The number of nitrogens with zero attached hydrogens (tertiary/aromatic N) is 1. The number of likely N-dealkylation sites (N-methyl/N-ethyl adjacent to an activating group) is 1. The number of piperidine rings is 1. The lowest BCUT2D eigenvalue weighted by molar-refractivity contribution is 0.167. The summed E-state index contributed by atoms with van der Waals surface area (Å²) in [4.78, 5) is 2.59. The Balaban J connectivity index is 1.80. The topological polar surface area (TPSA) is 23.5 Å². The number of benzene rings is 2. The Labute approximate surface area is 138 Å². The smallest absolute Gasteiger partial charge is 0.115 e. The Morgan fingerprint density at radius 3 is 2.61 bits per heavy atom. The molecule has 0 spiro atoms. The van der Waals surface area contributed by atoms with E-state index in [1.165, 1.54) is 36.2 Å². The van der Waals surface area contributed by atoms with Gasteiger partial charge in [-0.2, -0.15) is 0 Å². The molecule has 23 heavy (non-hydrogen) atoms. The highest BCUT2D eigenvalue weighted by molar-refractivity contribution is 5.49. The molecule has 0 radical (unpaired) electrons. The summed E-state index contributed by atoms with van der Waals surface area (Å²) < 4.78 is 0. The van der Waals surface area contributed by atoms with Gasteiger partial charge in [0.25, 0.3) is 0 Å². The minimum Gasteiger partial charge on any atom is -0.508 e. The van der Waals surface area contributed by atoms with Crippen molar-refractivity contribution in [2.45, 2.75) is 32.1 Å². The third-order valence-corrected chi connectivity index (χ3v) is 5.85. The van der Waals surface area contributed by atoms with E-state index < -0.39 is 0 Å². The van der Waals surface area contributed by atoms with E-state index in [9.17, 15) is 5.11 Å². The lowest BCUT2D eigenvalue weighted by atomic mass is 9.78. The second kappa shape index (κ2) is 5.68. The molecule has 0 saturated carbocycles. The second-order valence-corrected chi connectivity index (χ2v) is 7.15. The molecule has 1 heterocycles. The van der Waals surface area contributed by atoms with Crippen molar-refractivity contribution in [3.8, 4) is 5.75 Å². The monoisotopic (exact) mass is 307 g/mol. The molecule has 0 aromatic heterocycles. The van der Waals surface area contributed by atoms with Crippen molar-refractivity contribution in [1.29, 1.82) is 0 Å². The lowest BCUT2D eigenvalue weighted by Gasteiger charge is -2.37. The molecule has 0 bridgehead atoms.